The second kappa shape index (κ2) is 7.93. The van der Waals surface area contributed by atoms with E-state index in [0.29, 0.717) is 6.54 Å². The topological polar surface area (TPSA) is 55.7 Å². The van der Waals surface area contributed by atoms with Gasteiger partial charge in [-0.25, -0.2) is 0 Å². The number of phenols is 2. The average molecular weight is 377 g/mol. The molecule has 0 saturated heterocycles. The van der Waals surface area contributed by atoms with Gasteiger partial charge in [-0.3, -0.25) is 0 Å². The minimum Gasteiger partial charge on any atom is -0.504 e. The highest BCUT2D eigenvalue weighted by Gasteiger charge is 2.20. The van der Waals surface area contributed by atoms with E-state index in [1.165, 1.54) is 11.6 Å². The van der Waals surface area contributed by atoms with Gasteiger partial charge < -0.3 is 20.4 Å². The average Bonchev–Trinajstić information content (AvgIpc) is 2.83. The Morgan fingerprint density at radius 3 is 2.68 bits per heavy atom. The number of hydrogen-bond donors (Lipinski definition) is 3. The second-order valence-corrected chi connectivity index (χ2v) is 7.03. The molecule has 0 aromatic heterocycles. The summed E-state index contributed by atoms with van der Waals surface area (Å²) in [4.78, 5) is 2.11. The summed E-state index contributed by atoms with van der Waals surface area (Å²) in [6.07, 6.45) is 2.48. The summed E-state index contributed by atoms with van der Waals surface area (Å²) >= 11 is 11.4. The first-order chi connectivity index (χ1) is 12.0. The van der Waals surface area contributed by atoms with E-state index in [9.17, 15) is 10.2 Å². The molecule has 0 spiro atoms. The third kappa shape index (κ3) is 4.35. The van der Waals surface area contributed by atoms with Crippen LogP contribution in [0.1, 0.15) is 23.1 Å². The van der Waals surface area contributed by atoms with E-state index in [1.54, 1.807) is 0 Å². The van der Waals surface area contributed by atoms with Crippen LogP contribution >= 0.6 is 23.8 Å². The van der Waals surface area contributed by atoms with E-state index in [2.05, 4.69) is 10.2 Å². The van der Waals surface area contributed by atoms with Gasteiger partial charge in [0.1, 0.15) is 0 Å². The van der Waals surface area contributed by atoms with Crippen LogP contribution in [0.4, 0.5) is 0 Å². The third-order valence-corrected chi connectivity index (χ3v) is 5.12. The van der Waals surface area contributed by atoms with Crippen molar-refractivity contribution in [2.75, 3.05) is 13.1 Å². The molecule has 1 heterocycles. The maximum Gasteiger partial charge on any atom is 0.169 e. The molecule has 1 aliphatic rings. The van der Waals surface area contributed by atoms with E-state index in [4.69, 9.17) is 23.8 Å². The number of fused-ring (bicyclic) bond motifs is 1. The fourth-order valence-electron chi connectivity index (χ4n) is 3.07. The number of benzene rings is 2. The summed E-state index contributed by atoms with van der Waals surface area (Å²) in [7, 11) is 0. The lowest BCUT2D eigenvalue weighted by molar-refractivity contribution is 0.398. The standard InChI is InChI=1S/C19H21ClN2O2S/c20-15-6-3-13(4-7-15)9-10-21-19(25)22-11-1-2-16-14(12-22)5-8-17(23)18(16)24/h3-8,23-24H,1-2,9-12H2,(H,21,25). The lowest BCUT2D eigenvalue weighted by atomic mass is 10.0. The van der Waals surface area contributed by atoms with Crippen LogP contribution in [0.3, 0.4) is 0 Å². The molecule has 2 aromatic rings. The Morgan fingerprint density at radius 2 is 1.92 bits per heavy atom. The minimum absolute atomic E-state index is 0.000894. The Bertz CT molecular complexity index is 765. The van der Waals surface area contributed by atoms with Crippen molar-refractivity contribution in [3.8, 4) is 11.5 Å². The summed E-state index contributed by atoms with van der Waals surface area (Å²) < 4.78 is 0. The van der Waals surface area contributed by atoms with Gasteiger partial charge >= 0.3 is 0 Å². The molecule has 0 unspecified atom stereocenters. The number of phenolic OH excluding ortho intramolecular Hbond substituents is 2. The van der Waals surface area contributed by atoms with Crippen molar-refractivity contribution in [1.29, 1.82) is 0 Å². The van der Waals surface area contributed by atoms with Gasteiger partial charge in [-0.15, -0.1) is 0 Å². The Morgan fingerprint density at radius 1 is 1.16 bits per heavy atom. The summed E-state index contributed by atoms with van der Waals surface area (Å²) in [6.45, 7) is 2.21. The van der Waals surface area contributed by atoms with E-state index >= 15 is 0 Å². The Labute approximate surface area is 158 Å². The second-order valence-electron chi connectivity index (χ2n) is 6.20. The smallest absolute Gasteiger partial charge is 0.169 e. The van der Waals surface area contributed by atoms with Gasteiger partial charge in [-0.05, 0) is 60.8 Å². The first-order valence-corrected chi connectivity index (χ1v) is 9.13. The number of aromatic hydroxyl groups is 2. The molecule has 0 aliphatic carbocycles. The molecule has 0 atom stereocenters. The number of nitrogens with zero attached hydrogens (tertiary/aromatic N) is 1. The predicted octanol–water partition coefficient (Wildman–Crippen LogP) is 3.62. The van der Waals surface area contributed by atoms with E-state index in [0.717, 1.165) is 53.6 Å². The number of nitrogens with one attached hydrogen (secondary N) is 1. The monoisotopic (exact) mass is 376 g/mol. The maximum absolute atomic E-state index is 10.1. The van der Waals surface area contributed by atoms with E-state index in [1.807, 2.05) is 30.3 Å². The minimum atomic E-state index is -0.0594. The van der Waals surface area contributed by atoms with Crippen LogP contribution in [0.25, 0.3) is 0 Å². The number of thiocarbonyl (C=S) groups is 1. The first kappa shape index (κ1) is 17.8. The molecule has 3 rings (SSSR count). The van der Waals surface area contributed by atoms with Gasteiger partial charge in [-0.1, -0.05) is 29.8 Å². The Kier molecular flexibility index (Phi) is 5.66. The lowest BCUT2D eigenvalue weighted by Crippen LogP contribution is -2.40. The van der Waals surface area contributed by atoms with Crippen LogP contribution in [0, 0.1) is 0 Å². The summed E-state index contributed by atoms with van der Waals surface area (Å²) in [5, 5.41) is 24.5. The molecule has 0 radical (unpaired) electrons. The highest BCUT2D eigenvalue weighted by atomic mass is 35.5. The van der Waals surface area contributed by atoms with Gasteiger partial charge in [0.05, 0.1) is 0 Å². The zero-order valence-corrected chi connectivity index (χ0v) is 15.4. The summed E-state index contributed by atoms with van der Waals surface area (Å²) in [5.41, 5.74) is 3.04. The zero-order valence-electron chi connectivity index (χ0n) is 13.8. The first-order valence-electron chi connectivity index (χ1n) is 8.34. The van der Waals surface area contributed by atoms with Crippen molar-refractivity contribution in [3.05, 3.63) is 58.1 Å². The molecule has 0 saturated carbocycles. The van der Waals surface area contributed by atoms with Crippen LogP contribution in [-0.4, -0.2) is 33.3 Å². The normalized spacial score (nSPS) is 13.9. The van der Waals surface area contributed by atoms with Crippen molar-refractivity contribution in [2.45, 2.75) is 25.8 Å². The molecule has 3 N–H and O–H groups in total. The molecular weight excluding hydrogens is 356 g/mol. The lowest BCUT2D eigenvalue weighted by Gasteiger charge is -2.24. The van der Waals surface area contributed by atoms with Crippen molar-refractivity contribution in [2.24, 2.45) is 0 Å². The van der Waals surface area contributed by atoms with Gasteiger partial charge in [-0.2, -0.15) is 0 Å². The molecule has 132 valence electrons. The van der Waals surface area contributed by atoms with Gasteiger partial charge in [0.2, 0.25) is 0 Å². The predicted molar refractivity (Wildman–Crippen MR) is 104 cm³/mol. The number of halogens is 1. The third-order valence-electron chi connectivity index (χ3n) is 4.46. The van der Waals surface area contributed by atoms with Crippen LogP contribution in [0.15, 0.2) is 36.4 Å². The Balaban J connectivity index is 1.58. The van der Waals surface area contributed by atoms with Crippen LogP contribution < -0.4 is 5.32 Å². The zero-order chi connectivity index (χ0) is 17.8. The van der Waals surface area contributed by atoms with Crippen LogP contribution in [-0.2, 0) is 19.4 Å². The van der Waals surface area contributed by atoms with Crippen molar-refractivity contribution in [1.82, 2.24) is 10.2 Å². The fraction of sp³-hybridized carbons (Fsp3) is 0.316. The van der Waals surface area contributed by atoms with E-state index < -0.39 is 0 Å². The number of rotatable bonds is 3. The largest absolute Gasteiger partial charge is 0.504 e. The highest BCUT2D eigenvalue weighted by Crippen LogP contribution is 2.34. The molecule has 6 heteroatoms. The molecule has 2 aromatic carbocycles. The summed E-state index contributed by atoms with van der Waals surface area (Å²) in [6, 6.07) is 11.2. The molecular formula is C19H21ClN2O2S. The van der Waals surface area contributed by atoms with Crippen LogP contribution in [0.5, 0.6) is 11.5 Å². The Hall–Kier alpha value is -1.98. The van der Waals surface area contributed by atoms with Gasteiger partial charge in [0.25, 0.3) is 0 Å². The molecule has 0 bridgehead atoms. The summed E-state index contributed by atoms with van der Waals surface area (Å²) in [5.74, 6) is -0.0585. The van der Waals surface area contributed by atoms with Crippen molar-refractivity contribution < 1.29 is 10.2 Å². The van der Waals surface area contributed by atoms with Gasteiger partial charge in [0.15, 0.2) is 16.6 Å². The molecule has 0 amide bonds. The van der Waals surface area contributed by atoms with Crippen molar-refractivity contribution in [3.63, 3.8) is 0 Å². The van der Waals surface area contributed by atoms with Gasteiger partial charge in [0, 0.05) is 30.2 Å². The molecule has 25 heavy (non-hydrogen) atoms. The maximum atomic E-state index is 10.1. The van der Waals surface area contributed by atoms with Crippen LogP contribution in [0.2, 0.25) is 5.02 Å². The SMILES string of the molecule is Oc1ccc2c(c1O)CCCN(C(=S)NCCc1ccc(Cl)cc1)C2. The molecule has 0 fully saturated rings. The van der Waals surface area contributed by atoms with Crippen molar-refractivity contribution >= 4 is 28.9 Å². The molecule has 1 aliphatic heterocycles. The number of hydrogen-bond acceptors (Lipinski definition) is 3. The highest BCUT2D eigenvalue weighted by molar-refractivity contribution is 7.80. The quantitative estimate of drug-likeness (QED) is 0.564. The molecule has 4 nitrogen and oxygen atoms in total. The fourth-order valence-corrected chi connectivity index (χ4v) is 3.46. The van der Waals surface area contributed by atoms with E-state index in [-0.39, 0.29) is 11.5 Å².